The van der Waals surface area contributed by atoms with Gasteiger partial charge >= 0.3 is 5.97 Å². The third-order valence-corrected chi connectivity index (χ3v) is 3.22. The molecule has 2 aromatic carbocycles. The number of carbonyl (C=O) groups is 2. The number of anilines is 1. The van der Waals surface area contributed by atoms with Gasteiger partial charge in [-0.25, -0.2) is 9.18 Å². The van der Waals surface area contributed by atoms with Gasteiger partial charge in [-0.15, -0.1) is 0 Å². The highest BCUT2D eigenvalue weighted by atomic mass is 19.1. The molecule has 0 radical (unpaired) electrons. The maximum absolute atomic E-state index is 13.4. The van der Waals surface area contributed by atoms with Crippen LogP contribution in [0.3, 0.4) is 0 Å². The van der Waals surface area contributed by atoms with Gasteiger partial charge in [0.05, 0.1) is 11.3 Å². The molecule has 0 saturated heterocycles. The average molecular weight is 301 g/mol. The number of ether oxygens (including phenoxy) is 1. The van der Waals surface area contributed by atoms with Crippen molar-refractivity contribution in [2.45, 2.75) is 13.8 Å². The predicted octanol–water partition coefficient (Wildman–Crippen LogP) is 3.24. The summed E-state index contributed by atoms with van der Waals surface area (Å²) in [5.74, 6) is -1.73. The van der Waals surface area contributed by atoms with Crippen LogP contribution < -0.4 is 5.32 Å². The van der Waals surface area contributed by atoms with Crippen LogP contribution in [0.5, 0.6) is 0 Å². The number of hydrogen-bond acceptors (Lipinski definition) is 3. The number of benzene rings is 2. The molecule has 5 heteroatoms. The van der Waals surface area contributed by atoms with Gasteiger partial charge in [0.25, 0.3) is 5.91 Å². The minimum Gasteiger partial charge on any atom is -0.452 e. The maximum Gasteiger partial charge on any atom is 0.338 e. The Balaban J connectivity index is 1.92. The SMILES string of the molecule is Cc1ccc(C(=O)OCC(=O)Nc2ccccc2F)cc1C. The topological polar surface area (TPSA) is 55.4 Å². The summed E-state index contributed by atoms with van der Waals surface area (Å²) < 4.78 is 18.3. The number of carbonyl (C=O) groups excluding carboxylic acids is 2. The summed E-state index contributed by atoms with van der Waals surface area (Å²) >= 11 is 0. The summed E-state index contributed by atoms with van der Waals surface area (Å²) in [5.41, 5.74) is 2.45. The first-order valence-corrected chi connectivity index (χ1v) is 6.76. The largest absolute Gasteiger partial charge is 0.452 e. The zero-order valence-corrected chi connectivity index (χ0v) is 12.4. The molecule has 0 unspecified atom stereocenters. The van der Waals surface area contributed by atoms with Gasteiger partial charge in [-0.05, 0) is 49.2 Å². The number of nitrogens with one attached hydrogen (secondary N) is 1. The van der Waals surface area contributed by atoms with E-state index in [2.05, 4.69) is 5.32 Å². The van der Waals surface area contributed by atoms with Crippen LogP contribution in [-0.4, -0.2) is 18.5 Å². The van der Waals surface area contributed by atoms with E-state index in [0.717, 1.165) is 11.1 Å². The van der Waals surface area contributed by atoms with Crippen LogP contribution in [0, 0.1) is 19.7 Å². The zero-order valence-electron chi connectivity index (χ0n) is 12.4. The summed E-state index contributed by atoms with van der Waals surface area (Å²) in [6.45, 7) is 3.35. The van der Waals surface area contributed by atoms with Crippen LogP contribution in [0.2, 0.25) is 0 Å². The zero-order chi connectivity index (χ0) is 16.1. The number of para-hydroxylation sites is 1. The van der Waals surface area contributed by atoms with Crippen molar-refractivity contribution in [1.29, 1.82) is 0 Å². The van der Waals surface area contributed by atoms with E-state index in [1.165, 1.54) is 18.2 Å². The molecule has 2 aromatic rings. The normalized spacial score (nSPS) is 10.1. The van der Waals surface area contributed by atoms with Gasteiger partial charge in [0.1, 0.15) is 5.82 Å². The lowest BCUT2D eigenvalue weighted by Crippen LogP contribution is -2.21. The molecular formula is C17H16FNO3. The molecule has 0 aromatic heterocycles. The molecule has 0 saturated carbocycles. The van der Waals surface area contributed by atoms with Crippen LogP contribution in [0.25, 0.3) is 0 Å². The van der Waals surface area contributed by atoms with Crippen LogP contribution in [0.1, 0.15) is 21.5 Å². The van der Waals surface area contributed by atoms with Gasteiger partial charge in [-0.3, -0.25) is 4.79 Å². The van der Waals surface area contributed by atoms with Gasteiger partial charge in [0.2, 0.25) is 0 Å². The minimum atomic E-state index is -0.595. The van der Waals surface area contributed by atoms with Crippen molar-refractivity contribution in [2.75, 3.05) is 11.9 Å². The number of hydrogen-bond donors (Lipinski definition) is 1. The molecular weight excluding hydrogens is 285 g/mol. The molecule has 4 nitrogen and oxygen atoms in total. The smallest absolute Gasteiger partial charge is 0.338 e. The van der Waals surface area contributed by atoms with Crippen molar-refractivity contribution in [1.82, 2.24) is 0 Å². The summed E-state index contributed by atoms with van der Waals surface area (Å²) in [7, 11) is 0. The molecule has 0 aliphatic rings. The number of aryl methyl sites for hydroxylation is 2. The number of amides is 1. The molecule has 114 valence electrons. The molecule has 0 aliphatic carbocycles. The Morgan fingerprint density at radius 3 is 2.50 bits per heavy atom. The van der Waals surface area contributed by atoms with Gasteiger partial charge in [-0.2, -0.15) is 0 Å². The van der Waals surface area contributed by atoms with E-state index in [-0.39, 0.29) is 5.69 Å². The van der Waals surface area contributed by atoms with Crippen LogP contribution in [0.15, 0.2) is 42.5 Å². The molecule has 0 atom stereocenters. The summed E-state index contributed by atoms with van der Waals surface area (Å²) in [5, 5.41) is 2.35. The molecule has 1 amide bonds. The first-order valence-electron chi connectivity index (χ1n) is 6.76. The third kappa shape index (κ3) is 3.91. The van der Waals surface area contributed by atoms with E-state index in [1.54, 1.807) is 18.2 Å². The van der Waals surface area contributed by atoms with E-state index < -0.39 is 24.3 Å². The Morgan fingerprint density at radius 2 is 1.82 bits per heavy atom. The third-order valence-electron chi connectivity index (χ3n) is 3.22. The van der Waals surface area contributed by atoms with Crippen LogP contribution >= 0.6 is 0 Å². The highest BCUT2D eigenvalue weighted by Crippen LogP contribution is 2.13. The fraction of sp³-hybridized carbons (Fsp3) is 0.176. The van der Waals surface area contributed by atoms with Gasteiger partial charge in [-0.1, -0.05) is 18.2 Å². The first kappa shape index (κ1) is 15.7. The first-order chi connectivity index (χ1) is 10.5. The molecule has 0 aliphatic heterocycles. The molecule has 2 rings (SSSR count). The van der Waals surface area contributed by atoms with Crippen molar-refractivity contribution < 1.29 is 18.7 Å². The van der Waals surface area contributed by atoms with E-state index in [4.69, 9.17) is 4.74 Å². The molecule has 0 fully saturated rings. The van der Waals surface area contributed by atoms with Crippen molar-refractivity contribution >= 4 is 17.6 Å². The Labute approximate surface area is 127 Å². The van der Waals surface area contributed by atoms with Gasteiger partial charge in [0, 0.05) is 0 Å². The van der Waals surface area contributed by atoms with Crippen molar-refractivity contribution in [3.8, 4) is 0 Å². The lowest BCUT2D eigenvalue weighted by Gasteiger charge is -2.08. The summed E-state index contributed by atoms with van der Waals surface area (Å²) in [6.07, 6.45) is 0. The van der Waals surface area contributed by atoms with E-state index in [9.17, 15) is 14.0 Å². The lowest BCUT2D eigenvalue weighted by molar-refractivity contribution is -0.119. The maximum atomic E-state index is 13.4. The standard InChI is InChI=1S/C17H16FNO3/c1-11-7-8-13(9-12(11)2)17(21)22-10-16(20)19-15-6-4-3-5-14(15)18/h3-9H,10H2,1-2H3,(H,19,20). The second-order valence-electron chi connectivity index (χ2n) is 4.90. The Bertz CT molecular complexity index is 713. The van der Waals surface area contributed by atoms with Crippen molar-refractivity contribution in [3.63, 3.8) is 0 Å². The Hall–Kier alpha value is -2.69. The lowest BCUT2D eigenvalue weighted by atomic mass is 10.1. The quantitative estimate of drug-likeness (QED) is 0.882. The molecule has 1 N–H and O–H groups in total. The van der Waals surface area contributed by atoms with Crippen molar-refractivity contribution in [3.05, 3.63) is 65.0 Å². The molecule has 0 spiro atoms. The number of rotatable bonds is 4. The fourth-order valence-corrected chi connectivity index (χ4v) is 1.83. The highest BCUT2D eigenvalue weighted by molar-refractivity contribution is 5.95. The van der Waals surface area contributed by atoms with Crippen LogP contribution in [0.4, 0.5) is 10.1 Å². The number of halogens is 1. The Kier molecular flexibility index (Phi) is 4.88. The van der Waals surface area contributed by atoms with E-state index in [1.807, 2.05) is 19.9 Å². The average Bonchev–Trinajstić information content (AvgIpc) is 2.50. The monoisotopic (exact) mass is 301 g/mol. The predicted molar refractivity (Wildman–Crippen MR) is 81.2 cm³/mol. The number of esters is 1. The minimum absolute atomic E-state index is 0.0507. The fourth-order valence-electron chi connectivity index (χ4n) is 1.83. The summed E-state index contributed by atoms with van der Waals surface area (Å²) in [4.78, 5) is 23.5. The van der Waals surface area contributed by atoms with E-state index >= 15 is 0 Å². The summed E-state index contributed by atoms with van der Waals surface area (Å²) in [6, 6.07) is 10.9. The molecule has 0 heterocycles. The van der Waals surface area contributed by atoms with E-state index in [0.29, 0.717) is 5.56 Å². The highest BCUT2D eigenvalue weighted by Gasteiger charge is 2.12. The van der Waals surface area contributed by atoms with Gasteiger partial charge < -0.3 is 10.1 Å². The Morgan fingerprint density at radius 1 is 1.09 bits per heavy atom. The van der Waals surface area contributed by atoms with Gasteiger partial charge in [0.15, 0.2) is 6.61 Å². The molecule has 0 bridgehead atoms. The van der Waals surface area contributed by atoms with Crippen LogP contribution in [-0.2, 0) is 9.53 Å². The molecule has 22 heavy (non-hydrogen) atoms. The second kappa shape index (κ2) is 6.85. The van der Waals surface area contributed by atoms with Crippen molar-refractivity contribution in [2.24, 2.45) is 0 Å². The second-order valence-corrected chi connectivity index (χ2v) is 4.90.